The summed E-state index contributed by atoms with van der Waals surface area (Å²) in [6.07, 6.45) is -2.69. The molecule has 7 nitrogen and oxygen atoms in total. The predicted octanol–water partition coefficient (Wildman–Crippen LogP) is 5.85. The number of hydrogen-bond donors (Lipinski definition) is 1. The number of ether oxygens (including phenoxy) is 1. The highest BCUT2D eigenvalue weighted by molar-refractivity contribution is 6.30. The summed E-state index contributed by atoms with van der Waals surface area (Å²) >= 11 is 5.89. The van der Waals surface area contributed by atoms with Crippen molar-refractivity contribution in [3.63, 3.8) is 0 Å². The Morgan fingerprint density at radius 1 is 1.03 bits per heavy atom. The van der Waals surface area contributed by atoms with Crippen molar-refractivity contribution < 1.29 is 27.5 Å². The van der Waals surface area contributed by atoms with Crippen molar-refractivity contribution in [2.75, 3.05) is 19.6 Å². The molecule has 0 bridgehead atoms. The fraction of sp³-hybridized carbons (Fsp3) is 0.250. The first-order valence-corrected chi connectivity index (χ1v) is 12.6. The van der Waals surface area contributed by atoms with Gasteiger partial charge >= 0.3 is 6.18 Å². The Kier molecular flexibility index (Phi) is 7.22. The third-order valence-electron chi connectivity index (χ3n) is 6.54. The molecular formula is C28H24ClF3N4O3. The van der Waals surface area contributed by atoms with Crippen LogP contribution in [0.2, 0.25) is 5.02 Å². The Labute approximate surface area is 227 Å². The molecule has 202 valence electrons. The number of halogens is 4. The van der Waals surface area contributed by atoms with E-state index in [1.54, 1.807) is 77.3 Å². The number of carbonyl (C=O) groups excluding carboxylic acids is 2. The van der Waals surface area contributed by atoms with Gasteiger partial charge in [0, 0.05) is 53.3 Å². The molecule has 0 atom stereocenters. The zero-order chi connectivity index (χ0) is 27.7. The number of amides is 2. The molecule has 2 amide bonds. The molecule has 39 heavy (non-hydrogen) atoms. The number of nitrogens with one attached hydrogen (secondary N) is 1. The molecule has 5 rings (SSSR count). The quantitative estimate of drug-likeness (QED) is 0.310. The highest BCUT2D eigenvalue weighted by atomic mass is 35.5. The van der Waals surface area contributed by atoms with E-state index in [0.29, 0.717) is 58.2 Å². The van der Waals surface area contributed by atoms with Crippen LogP contribution in [0.4, 0.5) is 13.2 Å². The van der Waals surface area contributed by atoms with Gasteiger partial charge in [-0.2, -0.15) is 18.3 Å². The van der Waals surface area contributed by atoms with Gasteiger partial charge in [0.1, 0.15) is 18.0 Å². The molecule has 3 aromatic carbocycles. The highest BCUT2D eigenvalue weighted by Crippen LogP contribution is 2.27. The molecule has 2 heterocycles. The van der Waals surface area contributed by atoms with Gasteiger partial charge in [0.2, 0.25) is 0 Å². The van der Waals surface area contributed by atoms with Crippen molar-refractivity contribution in [2.24, 2.45) is 5.92 Å². The Balaban J connectivity index is 1.16. The van der Waals surface area contributed by atoms with Gasteiger partial charge in [-0.25, -0.2) is 0 Å². The zero-order valence-corrected chi connectivity index (χ0v) is 21.6. The van der Waals surface area contributed by atoms with E-state index in [2.05, 4.69) is 5.10 Å². The Bertz CT molecular complexity index is 1510. The van der Waals surface area contributed by atoms with Gasteiger partial charge in [-0.1, -0.05) is 11.6 Å². The third kappa shape index (κ3) is 6.17. The second-order valence-corrected chi connectivity index (χ2v) is 9.91. The van der Waals surface area contributed by atoms with Crippen LogP contribution in [0.3, 0.4) is 0 Å². The van der Waals surface area contributed by atoms with Crippen LogP contribution in [0, 0.1) is 12.8 Å². The van der Waals surface area contributed by atoms with Crippen LogP contribution >= 0.6 is 11.6 Å². The standard InChI is InChI=1S/C28H24ClF3N4O3/c1-17-23(26(37)33-16-28(30,31)32)10-11-25-24(17)15-36(34-25)14-18-12-35(13-18)27(38)19-2-6-21(7-3-19)39-22-8-4-20(29)5-9-22/h2-11,15,18H,12-14,16H2,1H3,(H,33,37). The topological polar surface area (TPSA) is 76.5 Å². The molecule has 0 saturated carbocycles. The predicted molar refractivity (Wildman–Crippen MR) is 140 cm³/mol. The molecule has 0 unspecified atom stereocenters. The minimum absolute atomic E-state index is 0.0692. The van der Waals surface area contributed by atoms with Crippen LogP contribution in [0.1, 0.15) is 26.3 Å². The maximum atomic E-state index is 12.9. The van der Waals surface area contributed by atoms with Crippen LogP contribution in [0.25, 0.3) is 10.9 Å². The first-order chi connectivity index (χ1) is 18.6. The summed E-state index contributed by atoms with van der Waals surface area (Å²) in [7, 11) is 0. The summed E-state index contributed by atoms with van der Waals surface area (Å²) < 4.78 is 44.9. The largest absolute Gasteiger partial charge is 0.457 e. The van der Waals surface area contributed by atoms with Gasteiger partial charge in [0.15, 0.2) is 0 Å². The summed E-state index contributed by atoms with van der Waals surface area (Å²) in [5.74, 6) is 0.604. The fourth-order valence-electron chi connectivity index (χ4n) is 4.50. The van der Waals surface area contributed by atoms with E-state index in [4.69, 9.17) is 16.3 Å². The van der Waals surface area contributed by atoms with Gasteiger partial charge in [-0.3, -0.25) is 14.3 Å². The van der Waals surface area contributed by atoms with Gasteiger partial charge in [-0.15, -0.1) is 0 Å². The molecule has 1 saturated heterocycles. The molecule has 0 radical (unpaired) electrons. The number of benzene rings is 3. The smallest absolute Gasteiger partial charge is 0.405 e. The van der Waals surface area contributed by atoms with Gasteiger partial charge in [0.25, 0.3) is 11.8 Å². The lowest BCUT2D eigenvalue weighted by atomic mass is 9.99. The van der Waals surface area contributed by atoms with Gasteiger partial charge < -0.3 is 15.0 Å². The minimum Gasteiger partial charge on any atom is -0.457 e. The molecule has 1 aliphatic heterocycles. The normalized spacial score (nSPS) is 13.8. The fourth-order valence-corrected chi connectivity index (χ4v) is 4.62. The monoisotopic (exact) mass is 556 g/mol. The van der Waals surface area contributed by atoms with Gasteiger partial charge in [-0.05, 0) is 73.2 Å². The number of fused-ring (bicyclic) bond motifs is 1. The zero-order valence-electron chi connectivity index (χ0n) is 20.8. The van der Waals surface area contributed by atoms with Crippen LogP contribution < -0.4 is 10.1 Å². The second kappa shape index (κ2) is 10.6. The number of carbonyl (C=O) groups is 2. The Hall–Kier alpha value is -4.05. The molecule has 1 aliphatic rings. The third-order valence-corrected chi connectivity index (χ3v) is 6.79. The SMILES string of the molecule is Cc1c(C(=O)NCC(F)(F)F)ccc2nn(CC3CN(C(=O)c4ccc(Oc5ccc(Cl)cc5)cc4)C3)cc12. The first kappa shape index (κ1) is 26.6. The average Bonchev–Trinajstić information content (AvgIpc) is 3.29. The Morgan fingerprint density at radius 2 is 1.67 bits per heavy atom. The van der Waals surface area contributed by atoms with Gasteiger partial charge in [0.05, 0.1) is 5.52 Å². The second-order valence-electron chi connectivity index (χ2n) is 9.48. The van der Waals surface area contributed by atoms with E-state index in [1.165, 1.54) is 6.07 Å². The number of rotatable bonds is 7. The summed E-state index contributed by atoms with van der Waals surface area (Å²) in [5, 5.41) is 7.76. The minimum atomic E-state index is -4.48. The first-order valence-electron chi connectivity index (χ1n) is 12.2. The lowest BCUT2D eigenvalue weighted by molar-refractivity contribution is -0.123. The molecule has 0 spiro atoms. The van der Waals surface area contributed by atoms with Crippen LogP contribution in [0.15, 0.2) is 66.9 Å². The number of likely N-dealkylation sites (tertiary alicyclic amines) is 1. The Morgan fingerprint density at radius 3 is 2.31 bits per heavy atom. The molecule has 1 N–H and O–H groups in total. The van der Waals surface area contributed by atoms with Crippen molar-refractivity contribution in [1.82, 2.24) is 20.0 Å². The summed E-state index contributed by atoms with van der Waals surface area (Å²) in [4.78, 5) is 26.9. The summed E-state index contributed by atoms with van der Waals surface area (Å²) in [6.45, 7) is 2.01. The molecule has 11 heteroatoms. The average molecular weight is 557 g/mol. The number of alkyl halides is 3. The number of aromatic nitrogens is 2. The maximum absolute atomic E-state index is 12.9. The van der Waals surface area contributed by atoms with Crippen molar-refractivity contribution in [1.29, 1.82) is 0 Å². The van der Waals surface area contributed by atoms with E-state index < -0.39 is 18.6 Å². The lowest BCUT2D eigenvalue weighted by Gasteiger charge is -2.39. The highest BCUT2D eigenvalue weighted by Gasteiger charge is 2.32. The van der Waals surface area contributed by atoms with Crippen LogP contribution in [-0.4, -0.2) is 52.3 Å². The van der Waals surface area contributed by atoms with E-state index >= 15 is 0 Å². The van der Waals surface area contributed by atoms with Crippen LogP contribution in [-0.2, 0) is 6.54 Å². The maximum Gasteiger partial charge on any atom is 0.405 e. The van der Waals surface area contributed by atoms with E-state index in [1.807, 2.05) is 5.32 Å². The van der Waals surface area contributed by atoms with Crippen molar-refractivity contribution in [2.45, 2.75) is 19.6 Å². The molecular weight excluding hydrogens is 533 g/mol. The van der Waals surface area contributed by atoms with Crippen molar-refractivity contribution in [3.8, 4) is 11.5 Å². The number of aryl methyl sites for hydroxylation is 1. The summed E-state index contributed by atoms with van der Waals surface area (Å²) in [6, 6.07) is 17.1. The van der Waals surface area contributed by atoms with Crippen molar-refractivity contribution >= 4 is 34.3 Å². The molecule has 0 aliphatic carbocycles. The van der Waals surface area contributed by atoms with Crippen LogP contribution in [0.5, 0.6) is 11.5 Å². The molecule has 1 fully saturated rings. The van der Waals surface area contributed by atoms with E-state index in [-0.39, 0.29) is 17.4 Å². The number of nitrogens with zero attached hydrogens (tertiary/aromatic N) is 3. The summed E-state index contributed by atoms with van der Waals surface area (Å²) in [5.41, 5.74) is 1.95. The van der Waals surface area contributed by atoms with E-state index in [0.717, 1.165) is 0 Å². The van der Waals surface area contributed by atoms with E-state index in [9.17, 15) is 22.8 Å². The lowest BCUT2D eigenvalue weighted by Crippen LogP contribution is -2.51. The van der Waals surface area contributed by atoms with Crippen molar-refractivity contribution in [3.05, 3.63) is 88.6 Å². The number of hydrogen-bond acceptors (Lipinski definition) is 4. The molecule has 1 aromatic heterocycles. The molecule has 4 aromatic rings.